The van der Waals surface area contributed by atoms with Crippen LogP contribution in [-0.2, 0) is 22.6 Å². The van der Waals surface area contributed by atoms with Gasteiger partial charge in [0.15, 0.2) is 11.5 Å². The average Bonchev–Trinajstić information content (AvgIpc) is 3.50. The molecule has 1 aliphatic heterocycles. The number of rotatable bonds is 10. The van der Waals surface area contributed by atoms with E-state index in [9.17, 15) is 9.59 Å². The Bertz CT molecular complexity index is 1160. The molecular formula is C31H39ClN2O4. The molecule has 38 heavy (non-hydrogen) atoms. The van der Waals surface area contributed by atoms with Gasteiger partial charge in [0, 0.05) is 37.0 Å². The molecule has 3 aliphatic rings. The number of hydrogen-bond acceptors (Lipinski definition) is 5. The highest BCUT2D eigenvalue weighted by Gasteiger charge is 2.32. The SMILES string of the molecule is COc1cc(CN(CC2CCCCC2)C2CCc3c2ccc(Cl)c3C)ccc1OCCN1C(=O)CCC1=O. The number of nitrogens with zero attached hydrogens (tertiary/aromatic N) is 2. The topological polar surface area (TPSA) is 59.1 Å². The first-order chi connectivity index (χ1) is 18.4. The smallest absolute Gasteiger partial charge is 0.229 e. The van der Waals surface area contributed by atoms with Crippen molar-refractivity contribution in [2.24, 2.45) is 5.92 Å². The summed E-state index contributed by atoms with van der Waals surface area (Å²) in [6.07, 6.45) is 9.45. The highest BCUT2D eigenvalue weighted by Crippen LogP contribution is 2.41. The third-order valence-electron chi connectivity index (χ3n) is 8.59. The van der Waals surface area contributed by atoms with Crippen LogP contribution in [0.1, 0.15) is 79.7 Å². The number of hydrogen-bond donors (Lipinski definition) is 0. The maximum atomic E-state index is 11.9. The summed E-state index contributed by atoms with van der Waals surface area (Å²) in [6.45, 7) is 4.61. The second kappa shape index (κ2) is 12.1. The number of ether oxygens (including phenoxy) is 2. The number of halogens is 1. The molecule has 6 nitrogen and oxygen atoms in total. The van der Waals surface area contributed by atoms with Gasteiger partial charge in [-0.1, -0.05) is 43.0 Å². The quantitative estimate of drug-likeness (QED) is 0.334. The molecule has 2 aromatic carbocycles. The molecule has 2 aliphatic carbocycles. The first-order valence-electron chi connectivity index (χ1n) is 14.1. The van der Waals surface area contributed by atoms with Gasteiger partial charge in [0.25, 0.3) is 0 Å². The number of fused-ring (bicyclic) bond motifs is 1. The number of benzene rings is 2. The standard InChI is InChI=1S/C31H39ClN2O4/c1-21-24-10-12-27(25(24)9-11-26(21)32)33(19-22-6-4-3-5-7-22)20-23-8-13-28(29(18-23)37-2)38-17-16-34-30(35)14-15-31(34)36/h8-9,11,13,18,22,27H,3-7,10,12,14-17,19-20H2,1-2H3. The van der Waals surface area contributed by atoms with Crippen molar-refractivity contribution in [3.8, 4) is 11.5 Å². The Kier molecular flexibility index (Phi) is 8.59. The van der Waals surface area contributed by atoms with Gasteiger partial charge in [-0.05, 0) is 79.0 Å². The Hall–Kier alpha value is -2.57. The Morgan fingerprint density at radius 3 is 2.47 bits per heavy atom. The highest BCUT2D eigenvalue weighted by atomic mass is 35.5. The van der Waals surface area contributed by atoms with Crippen molar-refractivity contribution in [3.05, 3.63) is 57.6 Å². The number of carbonyl (C=O) groups is 2. The van der Waals surface area contributed by atoms with Crippen molar-refractivity contribution in [2.75, 3.05) is 26.8 Å². The Labute approximate surface area is 231 Å². The molecule has 0 N–H and O–H groups in total. The van der Waals surface area contributed by atoms with Gasteiger partial charge in [-0.25, -0.2) is 0 Å². The fraction of sp³-hybridized carbons (Fsp3) is 0.548. The largest absolute Gasteiger partial charge is 0.493 e. The molecule has 204 valence electrons. The van der Waals surface area contributed by atoms with Gasteiger partial charge in [-0.15, -0.1) is 0 Å². The Morgan fingerprint density at radius 1 is 0.974 bits per heavy atom. The van der Waals surface area contributed by atoms with Gasteiger partial charge < -0.3 is 9.47 Å². The lowest BCUT2D eigenvalue weighted by Gasteiger charge is -2.35. The van der Waals surface area contributed by atoms with E-state index in [1.54, 1.807) is 7.11 Å². The van der Waals surface area contributed by atoms with E-state index in [0.29, 0.717) is 30.4 Å². The molecule has 0 aromatic heterocycles. The summed E-state index contributed by atoms with van der Waals surface area (Å²) >= 11 is 6.47. The summed E-state index contributed by atoms with van der Waals surface area (Å²) in [5, 5.41) is 0.863. The summed E-state index contributed by atoms with van der Waals surface area (Å²) in [5.74, 6) is 1.80. The normalized spacial score (nSPS) is 19.9. The zero-order valence-corrected chi connectivity index (χ0v) is 23.4. The van der Waals surface area contributed by atoms with Crippen LogP contribution in [0.4, 0.5) is 0 Å². The number of imide groups is 1. The number of amides is 2. The van der Waals surface area contributed by atoms with Crippen LogP contribution in [0, 0.1) is 12.8 Å². The zero-order valence-electron chi connectivity index (χ0n) is 22.6. The summed E-state index contributed by atoms with van der Waals surface area (Å²) in [6, 6.07) is 10.8. The minimum Gasteiger partial charge on any atom is -0.493 e. The molecule has 1 heterocycles. The van der Waals surface area contributed by atoms with Gasteiger partial charge in [0.05, 0.1) is 13.7 Å². The molecule has 7 heteroatoms. The molecule has 1 unspecified atom stereocenters. The fourth-order valence-corrected chi connectivity index (χ4v) is 6.67. The van der Waals surface area contributed by atoms with Crippen LogP contribution in [-0.4, -0.2) is 48.4 Å². The van der Waals surface area contributed by atoms with Crippen LogP contribution >= 0.6 is 11.6 Å². The van der Waals surface area contributed by atoms with E-state index in [-0.39, 0.29) is 25.0 Å². The van der Waals surface area contributed by atoms with Gasteiger partial charge in [-0.3, -0.25) is 19.4 Å². The first kappa shape index (κ1) is 27.0. The van der Waals surface area contributed by atoms with E-state index in [1.165, 1.54) is 59.3 Å². The molecule has 1 atom stereocenters. The molecule has 5 rings (SSSR count). The lowest BCUT2D eigenvalue weighted by molar-refractivity contribution is -0.138. The van der Waals surface area contributed by atoms with Crippen LogP contribution in [0.15, 0.2) is 30.3 Å². The number of likely N-dealkylation sites (tertiary alicyclic amines) is 1. The number of carbonyl (C=O) groups excluding carboxylic acids is 2. The summed E-state index contributed by atoms with van der Waals surface area (Å²) < 4.78 is 11.6. The second-order valence-corrected chi connectivity index (χ2v) is 11.4. The van der Waals surface area contributed by atoms with Gasteiger partial charge >= 0.3 is 0 Å². The van der Waals surface area contributed by atoms with E-state index in [1.807, 2.05) is 6.07 Å². The summed E-state index contributed by atoms with van der Waals surface area (Å²) in [4.78, 5) is 27.7. The Balaban J connectivity index is 1.31. The molecule has 0 spiro atoms. The first-order valence-corrected chi connectivity index (χ1v) is 14.5. The number of methoxy groups -OCH3 is 1. The third-order valence-corrected chi connectivity index (χ3v) is 9.00. The van der Waals surface area contributed by atoms with Crippen LogP contribution in [0.5, 0.6) is 11.5 Å². The molecule has 0 bridgehead atoms. The predicted molar refractivity (Wildman–Crippen MR) is 149 cm³/mol. The van der Waals surface area contributed by atoms with Crippen molar-refractivity contribution in [3.63, 3.8) is 0 Å². The fourth-order valence-electron chi connectivity index (χ4n) is 6.50. The van der Waals surface area contributed by atoms with E-state index >= 15 is 0 Å². The molecular weight excluding hydrogens is 500 g/mol. The van der Waals surface area contributed by atoms with Gasteiger partial charge in [-0.2, -0.15) is 0 Å². The van der Waals surface area contributed by atoms with Crippen molar-refractivity contribution in [2.45, 2.75) is 77.3 Å². The minimum absolute atomic E-state index is 0.120. The van der Waals surface area contributed by atoms with Crippen LogP contribution in [0.3, 0.4) is 0 Å². The maximum absolute atomic E-state index is 11.9. The molecule has 2 amide bonds. The van der Waals surface area contributed by atoms with Crippen LogP contribution in [0.2, 0.25) is 5.02 Å². The van der Waals surface area contributed by atoms with Gasteiger partial charge in [0.2, 0.25) is 11.8 Å². The third kappa shape index (κ3) is 5.86. The van der Waals surface area contributed by atoms with E-state index in [0.717, 1.165) is 36.9 Å². The lowest BCUT2D eigenvalue weighted by Crippen LogP contribution is -2.33. The van der Waals surface area contributed by atoms with Crippen molar-refractivity contribution < 1.29 is 19.1 Å². The van der Waals surface area contributed by atoms with E-state index in [2.05, 4.69) is 36.1 Å². The highest BCUT2D eigenvalue weighted by molar-refractivity contribution is 6.31. The monoisotopic (exact) mass is 538 g/mol. The van der Waals surface area contributed by atoms with Gasteiger partial charge in [0.1, 0.15) is 6.61 Å². The summed E-state index contributed by atoms with van der Waals surface area (Å²) in [5.41, 5.74) is 5.27. The van der Waals surface area contributed by atoms with Crippen molar-refractivity contribution >= 4 is 23.4 Å². The molecule has 1 saturated carbocycles. The average molecular weight is 539 g/mol. The molecule has 2 fully saturated rings. The Morgan fingerprint density at radius 2 is 1.74 bits per heavy atom. The minimum atomic E-state index is -0.120. The van der Waals surface area contributed by atoms with Crippen LogP contribution in [0.25, 0.3) is 0 Å². The molecule has 0 radical (unpaired) electrons. The van der Waals surface area contributed by atoms with E-state index < -0.39 is 0 Å². The van der Waals surface area contributed by atoms with Crippen LogP contribution < -0.4 is 9.47 Å². The maximum Gasteiger partial charge on any atom is 0.229 e. The molecule has 1 saturated heterocycles. The second-order valence-electron chi connectivity index (χ2n) is 11.0. The lowest BCUT2D eigenvalue weighted by atomic mass is 9.88. The van der Waals surface area contributed by atoms with E-state index in [4.69, 9.17) is 21.1 Å². The van der Waals surface area contributed by atoms with Crippen molar-refractivity contribution in [1.82, 2.24) is 9.80 Å². The predicted octanol–water partition coefficient (Wildman–Crippen LogP) is 6.25. The molecule has 2 aromatic rings. The van der Waals surface area contributed by atoms with Crippen molar-refractivity contribution in [1.29, 1.82) is 0 Å². The summed E-state index contributed by atoms with van der Waals surface area (Å²) in [7, 11) is 1.65. The zero-order chi connectivity index (χ0) is 26.6.